The average molecular weight is 227 g/mol. The van der Waals surface area contributed by atoms with Gasteiger partial charge in [-0.25, -0.2) is 4.39 Å². The van der Waals surface area contributed by atoms with Crippen LogP contribution in [0.15, 0.2) is 52.9 Å². The lowest BCUT2D eigenvalue weighted by Crippen LogP contribution is -1.87. The fraction of sp³-hybridized carbons (Fsp3) is 0. The summed E-state index contributed by atoms with van der Waals surface area (Å²) in [4.78, 5) is 0. The third-order valence-corrected chi connectivity index (χ3v) is 2.72. The van der Waals surface area contributed by atoms with Crippen LogP contribution >= 0.6 is 0 Å². The topological polar surface area (TPSA) is 39.2 Å². The summed E-state index contributed by atoms with van der Waals surface area (Å²) in [7, 11) is 0. The molecule has 0 fully saturated rings. The number of rotatable bonds is 1. The predicted octanol–water partition coefficient (Wildman–Crippen LogP) is 3.82. The molecule has 0 saturated carbocycles. The summed E-state index contributed by atoms with van der Waals surface area (Å²) in [6.07, 6.45) is 0. The SMILES string of the molecule is Nc1ccccc1-c1cc2cccc(F)c2o1. The van der Waals surface area contributed by atoms with Gasteiger partial charge in [0.25, 0.3) is 0 Å². The molecule has 2 N–H and O–H groups in total. The lowest BCUT2D eigenvalue weighted by Gasteiger charge is -2.00. The Labute approximate surface area is 97.5 Å². The van der Waals surface area contributed by atoms with Crippen molar-refractivity contribution < 1.29 is 8.81 Å². The Hall–Kier alpha value is -2.29. The second-order valence-corrected chi connectivity index (χ2v) is 3.86. The van der Waals surface area contributed by atoms with Crippen LogP contribution in [0.3, 0.4) is 0 Å². The summed E-state index contributed by atoms with van der Waals surface area (Å²) in [6.45, 7) is 0. The van der Waals surface area contributed by atoms with E-state index in [0.717, 1.165) is 10.9 Å². The summed E-state index contributed by atoms with van der Waals surface area (Å²) in [5.74, 6) is 0.228. The molecule has 0 amide bonds. The normalized spacial score (nSPS) is 10.9. The summed E-state index contributed by atoms with van der Waals surface area (Å²) >= 11 is 0. The van der Waals surface area contributed by atoms with E-state index in [1.54, 1.807) is 18.2 Å². The van der Waals surface area contributed by atoms with Crippen molar-refractivity contribution in [1.82, 2.24) is 0 Å². The zero-order valence-corrected chi connectivity index (χ0v) is 8.98. The second kappa shape index (κ2) is 3.63. The zero-order chi connectivity index (χ0) is 11.8. The van der Waals surface area contributed by atoms with E-state index in [2.05, 4.69) is 0 Å². The number of nitrogens with two attached hydrogens (primary N) is 1. The van der Waals surface area contributed by atoms with E-state index in [1.807, 2.05) is 24.3 Å². The molecule has 0 atom stereocenters. The van der Waals surface area contributed by atoms with E-state index in [4.69, 9.17) is 10.2 Å². The monoisotopic (exact) mass is 227 g/mol. The van der Waals surface area contributed by atoms with Crippen LogP contribution in [0.5, 0.6) is 0 Å². The van der Waals surface area contributed by atoms with Crippen molar-refractivity contribution in [3.8, 4) is 11.3 Å². The second-order valence-electron chi connectivity index (χ2n) is 3.86. The minimum Gasteiger partial charge on any atom is -0.453 e. The van der Waals surface area contributed by atoms with E-state index >= 15 is 0 Å². The van der Waals surface area contributed by atoms with Crippen LogP contribution in [0.4, 0.5) is 10.1 Å². The Morgan fingerprint density at radius 2 is 1.82 bits per heavy atom. The summed E-state index contributed by atoms with van der Waals surface area (Å²) < 4.78 is 19.0. The van der Waals surface area contributed by atoms with E-state index in [-0.39, 0.29) is 11.4 Å². The van der Waals surface area contributed by atoms with Crippen LogP contribution in [0, 0.1) is 5.82 Å². The molecule has 17 heavy (non-hydrogen) atoms. The van der Waals surface area contributed by atoms with Gasteiger partial charge in [-0.2, -0.15) is 0 Å². The van der Waals surface area contributed by atoms with E-state index in [9.17, 15) is 4.39 Å². The lowest BCUT2D eigenvalue weighted by atomic mass is 10.1. The van der Waals surface area contributed by atoms with Gasteiger partial charge in [-0.1, -0.05) is 24.3 Å². The van der Waals surface area contributed by atoms with Gasteiger partial charge < -0.3 is 10.2 Å². The molecule has 0 aliphatic carbocycles. The van der Waals surface area contributed by atoms with Crippen molar-refractivity contribution >= 4 is 16.7 Å². The molecule has 1 heterocycles. The van der Waals surface area contributed by atoms with Crippen LogP contribution in [-0.2, 0) is 0 Å². The Balaban J connectivity index is 2.26. The van der Waals surface area contributed by atoms with Crippen LogP contribution in [0.1, 0.15) is 0 Å². The number of fused-ring (bicyclic) bond motifs is 1. The molecule has 3 aromatic rings. The third-order valence-electron chi connectivity index (χ3n) is 2.72. The fourth-order valence-electron chi connectivity index (χ4n) is 1.88. The van der Waals surface area contributed by atoms with Gasteiger partial charge in [0.2, 0.25) is 0 Å². The van der Waals surface area contributed by atoms with Crippen LogP contribution < -0.4 is 5.73 Å². The molecule has 1 aromatic heterocycles. The van der Waals surface area contributed by atoms with Crippen molar-refractivity contribution in [2.45, 2.75) is 0 Å². The number of benzene rings is 2. The fourth-order valence-corrected chi connectivity index (χ4v) is 1.88. The highest BCUT2D eigenvalue weighted by atomic mass is 19.1. The predicted molar refractivity (Wildman–Crippen MR) is 66.0 cm³/mol. The molecule has 0 saturated heterocycles. The Morgan fingerprint density at radius 1 is 1.00 bits per heavy atom. The zero-order valence-electron chi connectivity index (χ0n) is 8.98. The van der Waals surface area contributed by atoms with Crippen LogP contribution in [-0.4, -0.2) is 0 Å². The first kappa shape index (κ1) is 9.90. The number of hydrogen-bond donors (Lipinski definition) is 1. The maximum absolute atomic E-state index is 13.5. The van der Waals surface area contributed by atoms with Gasteiger partial charge in [-0.15, -0.1) is 0 Å². The highest BCUT2D eigenvalue weighted by Crippen LogP contribution is 2.32. The van der Waals surface area contributed by atoms with Gasteiger partial charge >= 0.3 is 0 Å². The van der Waals surface area contributed by atoms with Gasteiger partial charge in [-0.05, 0) is 24.3 Å². The average Bonchev–Trinajstić information content (AvgIpc) is 2.75. The number of anilines is 1. The molecule has 84 valence electrons. The molecule has 0 spiro atoms. The van der Waals surface area contributed by atoms with Gasteiger partial charge in [-0.3, -0.25) is 0 Å². The van der Waals surface area contributed by atoms with Gasteiger partial charge in [0.15, 0.2) is 11.4 Å². The summed E-state index contributed by atoms with van der Waals surface area (Å²) in [6, 6.07) is 14.0. The first-order chi connectivity index (χ1) is 8.25. The summed E-state index contributed by atoms with van der Waals surface area (Å²) in [5, 5.41) is 0.739. The van der Waals surface area contributed by atoms with Crippen molar-refractivity contribution in [1.29, 1.82) is 0 Å². The molecule has 0 unspecified atom stereocenters. The lowest BCUT2D eigenvalue weighted by molar-refractivity contribution is 0.569. The van der Waals surface area contributed by atoms with Gasteiger partial charge in [0.1, 0.15) is 5.76 Å². The minimum absolute atomic E-state index is 0.269. The Kier molecular flexibility index (Phi) is 2.11. The van der Waals surface area contributed by atoms with E-state index in [1.165, 1.54) is 6.07 Å². The number of para-hydroxylation sites is 2. The van der Waals surface area contributed by atoms with Gasteiger partial charge in [0, 0.05) is 16.6 Å². The van der Waals surface area contributed by atoms with E-state index < -0.39 is 0 Å². The quantitative estimate of drug-likeness (QED) is 0.642. The first-order valence-electron chi connectivity index (χ1n) is 5.28. The highest BCUT2D eigenvalue weighted by Gasteiger charge is 2.10. The molecular formula is C14H10FNO. The maximum atomic E-state index is 13.5. The molecule has 0 aliphatic rings. The summed E-state index contributed by atoms with van der Waals surface area (Å²) in [5.41, 5.74) is 7.53. The number of nitrogen functional groups attached to an aromatic ring is 1. The van der Waals surface area contributed by atoms with Gasteiger partial charge in [0.05, 0.1) is 0 Å². The number of halogens is 1. The van der Waals surface area contributed by atoms with Crippen LogP contribution in [0.2, 0.25) is 0 Å². The van der Waals surface area contributed by atoms with Crippen molar-refractivity contribution in [3.05, 3.63) is 54.3 Å². The molecular weight excluding hydrogens is 217 g/mol. The van der Waals surface area contributed by atoms with Crippen molar-refractivity contribution in [3.63, 3.8) is 0 Å². The molecule has 0 radical (unpaired) electrons. The number of hydrogen-bond acceptors (Lipinski definition) is 2. The van der Waals surface area contributed by atoms with Crippen molar-refractivity contribution in [2.24, 2.45) is 0 Å². The highest BCUT2D eigenvalue weighted by molar-refractivity contribution is 5.85. The Bertz CT molecular complexity index is 688. The molecule has 0 bridgehead atoms. The first-order valence-corrected chi connectivity index (χ1v) is 5.28. The van der Waals surface area contributed by atoms with E-state index in [0.29, 0.717) is 11.4 Å². The smallest absolute Gasteiger partial charge is 0.170 e. The molecule has 2 aromatic carbocycles. The third kappa shape index (κ3) is 1.56. The maximum Gasteiger partial charge on any atom is 0.170 e. The molecule has 0 aliphatic heterocycles. The number of furan rings is 1. The van der Waals surface area contributed by atoms with Crippen molar-refractivity contribution in [2.75, 3.05) is 5.73 Å². The molecule has 3 rings (SSSR count). The molecule has 2 nitrogen and oxygen atoms in total. The largest absolute Gasteiger partial charge is 0.453 e. The standard InChI is InChI=1S/C14H10FNO/c15-11-6-3-4-9-8-13(17-14(9)11)10-5-1-2-7-12(10)16/h1-8H,16H2. The Morgan fingerprint density at radius 3 is 2.59 bits per heavy atom. The van der Waals surface area contributed by atoms with Crippen LogP contribution in [0.25, 0.3) is 22.3 Å². The minimum atomic E-state index is -0.358. The molecule has 3 heteroatoms.